The zero-order valence-corrected chi connectivity index (χ0v) is 23.1. The smallest absolute Gasteiger partial charge is 0.256 e. The largest absolute Gasteiger partial charge is 0.378 e. The molecule has 2 N–H and O–H groups in total. The summed E-state index contributed by atoms with van der Waals surface area (Å²) < 4.78 is 31.9. The molecule has 2 aliphatic rings. The highest BCUT2D eigenvalue weighted by molar-refractivity contribution is 7.90. The number of aromatic nitrogens is 1. The number of halogens is 2. The van der Waals surface area contributed by atoms with Gasteiger partial charge in [0.05, 0.1) is 35.0 Å². The number of H-pyrrole nitrogens is 1. The van der Waals surface area contributed by atoms with Crippen LogP contribution < -0.4 is 5.32 Å². The predicted octanol–water partition coefficient (Wildman–Crippen LogP) is 4.88. The predicted molar refractivity (Wildman–Crippen MR) is 147 cm³/mol. The van der Waals surface area contributed by atoms with Crippen LogP contribution in [0, 0.1) is 13.8 Å². The van der Waals surface area contributed by atoms with Crippen LogP contribution in [-0.2, 0) is 25.1 Å². The van der Waals surface area contributed by atoms with Crippen molar-refractivity contribution in [1.82, 2.24) is 9.88 Å². The van der Waals surface area contributed by atoms with E-state index in [2.05, 4.69) is 10.3 Å². The molecular weight excluding hydrogens is 549 g/mol. The van der Waals surface area contributed by atoms with E-state index in [9.17, 15) is 18.0 Å². The maximum Gasteiger partial charge on any atom is 0.256 e. The number of sulfone groups is 1. The number of fused-ring (bicyclic) bond motifs is 1. The number of aromatic amines is 1. The molecule has 0 aliphatic carbocycles. The molecule has 2 amide bonds. The Morgan fingerprint density at radius 3 is 2.47 bits per heavy atom. The first-order chi connectivity index (χ1) is 18.1. The van der Waals surface area contributed by atoms with Crippen LogP contribution in [0.1, 0.15) is 38.4 Å². The van der Waals surface area contributed by atoms with Gasteiger partial charge in [0.2, 0.25) is 0 Å². The van der Waals surface area contributed by atoms with Crippen molar-refractivity contribution in [2.75, 3.05) is 31.6 Å². The molecule has 3 aromatic rings. The number of nitrogens with one attached hydrogen (secondary N) is 2. The van der Waals surface area contributed by atoms with Gasteiger partial charge in [0, 0.05) is 51.3 Å². The van der Waals surface area contributed by atoms with Crippen LogP contribution in [-0.4, -0.2) is 56.4 Å². The number of hydrogen-bond acceptors (Lipinski definition) is 5. The second kappa shape index (κ2) is 10.2. The highest BCUT2D eigenvalue weighted by atomic mass is 35.5. The van der Waals surface area contributed by atoms with Gasteiger partial charge in [0.25, 0.3) is 11.8 Å². The Hall–Kier alpha value is -3.11. The Balaban J connectivity index is 1.50. The monoisotopic (exact) mass is 573 g/mol. The van der Waals surface area contributed by atoms with Gasteiger partial charge in [-0.25, -0.2) is 8.42 Å². The minimum absolute atomic E-state index is 0.0391. The van der Waals surface area contributed by atoms with Crippen LogP contribution in [0.2, 0.25) is 10.0 Å². The summed E-state index contributed by atoms with van der Waals surface area (Å²) in [5, 5.41) is 3.31. The Kier molecular flexibility index (Phi) is 7.13. The number of carbonyl (C=O) groups excluding carboxylic acids is 2. The van der Waals surface area contributed by atoms with Crippen LogP contribution in [0.25, 0.3) is 11.6 Å². The van der Waals surface area contributed by atoms with Crippen LogP contribution in [0.3, 0.4) is 0 Å². The van der Waals surface area contributed by atoms with Crippen LogP contribution in [0.15, 0.2) is 41.3 Å². The van der Waals surface area contributed by atoms with E-state index in [4.69, 9.17) is 27.9 Å². The summed E-state index contributed by atoms with van der Waals surface area (Å²) in [6, 6.07) is 9.31. The molecule has 198 valence electrons. The molecule has 1 fully saturated rings. The van der Waals surface area contributed by atoms with E-state index in [1.165, 1.54) is 12.1 Å². The molecule has 1 aromatic heterocycles. The lowest BCUT2D eigenvalue weighted by Crippen LogP contribution is -2.41. The minimum Gasteiger partial charge on any atom is -0.378 e. The van der Waals surface area contributed by atoms with Gasteiger partial charge in [-0.05, 0) is 55.8 Å². The second-order valence-electron chi connectivity index (χ2n) is 9.25. The molecule has 2 aromatic carbocycles. The van der Waals surface area contributed by atoms with Crippen LogP contribution in [0.5, 0.6) is 0 Å². The maximum atomic E-state index is 13.3. The molecule has 5 rings (SSSR count). The number of anilines is 1. The van der Waals surface area contributed by atoms with Gasteiger partial charge in [0.15, 0.2) is 9.84 Å². The van der Waals surface area contributed by atoms with Gasteiger partial charge in [0.1, 0.15) is 0 Å². The summed E-state index contributed by atoms with van der Waals surface area (Å²) in [6.07, 6.45) is 1.65. The molecule has 0 atom stereocenters. The van der Waals surface area contributed by atoms with Crippen molar-refractivity contribution in [3.05, 3.63) is 80.1 Å². The van der Waals surface area contributed by atoms with Gasteiger partial charge in [-0.2, -0.15) is 0 Å². The average Bonchev–Trinajstić information content (AvgIpc) is 3.35. The molecular formula is C27H25Cl2N3O5S. The van der Waals surface area contributed by atoms with E-state index in [1.54, 1.807) is 35.2 Å². The number of nitrogens with zero attached hydrogens (tertiary/aromatic N) is 1. The van der Waals surface area contributed by atoms with E-state index < -0.39 is 9.84 Å². The summed E-state index contributed by atoms with van der Waals surface area (Å²) >= 11 is 12.4. The van der Waals surface area contributed by atoms with Crippen molar-refractivity contribution in [1.29, 1.82) is 0 Å². The number of aryl methyl sites for hydroxylation is 1. The van der Waals surface area contributed by atoms with Gasteiger partial charge in [-0.3, -0.25) is 9.59 Å². The van der Waals surface area contributed by atoms with Crippen molar-refractivity contribution in [3.63, 3.8) is 0 Å². The lowest BCUT2D eigenvalue weighted by molar-refractivity contribution is -0.110. The van der Waals surface area contributed by atoms with E-state index >= 15 is 0 Å². The SMILES string of the molecule is Cc1[nH]c(/C=C2\C(=O)Nc3ccc(S(=O)(=O)Cc4c(Cl)cccc4Cl)cc32)c(C)c1C(=O)N1CCOCC1. The normalized spacial score (nSPS) is 16.6. The first-order valence-electron chi connectivity index (χ1n) is 12.0. The fourth-order valence-corrected chi connectivity index (χ4v) is 6.88. The fourth-order valence-electron chi connectivity index (χ4n) is 4.76. The van der Waals surface area contributed by atoms with Crippen molar-refractivity contribution in [3.8, 4) is 0 Å². The molecule has 2 aliphatic heterocycles. The molecule has 3 heterocycles. The Bertz CT molecular complexity index is 1580. The van der Waals surface area contributed by atoms with Gasteiger partial charge in [-0.15, -0.1) is 0 Å². The third-order valence-corrected chi connectivity index (χ3v) is 9.16. The number of morpholine rings is 1. The third kappa shape index (κ3) is 4.87. The molecule has 8 nitrogen and oxygen atoms in total. The van der Waals surface area contributed by atoms with Crippen molar-refractivity contribution >= 4 is 62.2 Å². The number of benzene rings is 2. The molecule has 0 unspecified atom stereocenters. The summed E-state index contributed by atoms with van der Waals surface area (Å²) in [4.78, 5) is 31.1. The molecule has 0 spiro atoms. The lowest BCUT2D eigenvalue weighted by Gasteiger charge is -2.27. The number of hydrogen-bond donors (Lipinski definition) is 2. The van der Waals surface area contributed by atoms with Crippen LogP contribution >= 0.6 is 23.2 Å². The van der Waals surface area contributed by atoms with E-state index in [0.29, 0.717) is 71.2 Å². The lowest BCUT2D eigenvalue weighted by atomic mass is 10.0. The quantitative estimate of drug-likeness (QED) is 0.423. The highest BCUT2D eigenvalue weighted by Crippen LogP contribution is 2.37. The number of amides is 2. The van der Waals surface area contributed by atoms with Crippen molar-refractivity contribution < 1.29 is 22.7 Å². The summed E-state index contributed by atoms with van der Waals surface area (Å²) in [6.45, 7) is 5.67. The molecule has 1 saturated heterocycles. The average molecular weight is 574 g/mol. The number of rotatable bonds is 5. The maximum absolute atomic E-state index is 13.3. The highest BCUT2D eigenvalue weighted by Gasteiger charge is 2.29. The Labute approximate surface area is 230 Å². The first-order valence-corrected chi connectivity index (χ1v) is 14.4. The summed E-state index contributed by atoms with van der Waals surface area (Å²) in [5.41, 5.74) is 4.13. The zero-order chi connectivity index (χ0) is 27.2. The Morgan fingerprint density at radius 1 is 1.11 bits per heavy atom. The molecule has 0 bridgehead atoms. The summed E-state index contributed by atoms with van der Waals surface area (Å²) in [5.74, 6) is -0.837. The number of ether oxygens (including phenoxy) is 1. The fraction of sp³-hybridized carbons (Fsp3) is 0.259. The van der Waals surface area contributed by atoms with E-state index in [0.717, 1.165) is 0 Å². The van der Waals surface area contributed by atoms with Crippen molar-refractivity contribution in [2.24, 2.45) is 0 Å². The van der Waals surface area contributed by atoms with Crippen molar-refractivity contribution in [2.45, 2.75) is 24.5 Å². The van der Waals surface area contributed by atoms with Crippen LogP contribution in [0.4, 0.5) is 5.69 Å². The van der Waals surface area contributed by atoms with E-state index in [1.807, 2.05) is 13.8 Å². The first kappa shape index (κ1) is 26.5. The molecule has 38 heavy (non-hydrogen) atoms. The zero-order valence-electron chi connectivity index (χ0n) is 20.7. The topological polar surface area (TPSA) is 109 Å². The van der Waals surface area contributed by atoms with Gasteiger partial charge >= 0.3 is 0 Å². The third-order valence-electron chi connectivity index (χ3n) is 6.81. The molecule has 11 heteroatoms. The standard InChI is InChI=1S/C27H25Cl2N3O5S/c1-15-24(30-16(2)25(15)27(34)32-8-10-37-11-9-32)13-19-18-12-17(6-7-23(18)31-26(19)33)38(35,36)14-20-21(28)4-3-5-22(20)29/h3-7,12-13,30H,8-11,14H2,1-2H3,(H,31,33)/b19-13-. The molecule has 0 saturated carbocycles. The number of carbonyl (C=O) groups is 2. The molecule has 0 radical (unpaired) electrons. The van der Waals surface area contributed by atoms with Gasteiger partial charge < -0.3 is 19.9 Å². The summed E-state index contributed by atoms with van der Waals surface area (Å²) in [7, 11) is -3.83. The minimum atomic E-state index is -3.83. The van der Waals surface area contributed by atoms with E-state index in [-0.39, 0.29) is 32.5 Å². The Morgan fingerprint density at radius 2 is 1.79 bits per heavy atom. The second-order valence-corrected chi connectivity index (χ2v) is 12.1. The van der Waals surface area contributed by atoms with Gasteiger partial charge in [-0.1, -0.05) is 29.3 Å².